The SMILES string of the molecule is O=C(C=Cc1cscn1)Nc1ccc(NC(=O)N2CCCCCC2)cc1. The molecule has 1 aliphatic heterocycles. The van der Waals surface area contributed by atoms with E-state index < -0.39 is 0 Å². The summed E-state index contributed by atoms with van der Waals surface area (Å²) in [7, 11) is 0. The Morgan fingerprint density at radius 2 is 1.65 bits per heavy atom. The molecule has 0 bridgehead atoms. The summed E-state index contributed by atoms with van der Waals surface area (Å²) in [6.07, 6.45) is 7.62. The van der Waals surface area contributed by atoms with E-state index >= 15 is 0 Å². The number of thiazole rings is 1. The molecule has 0 radical (unpaired) electrons. The Bertz CT molecular complexity index is 748. The quantitative estimate of drug-likeness (QED) is 0.792. The molecule has 0 unspecified atom stereocenters. The van der Waals surface area contributed by atoms with Gasteiger partial charge in [0.25, 0.3) is 0 Å². The molecule has 26 heavy (non-hydrogen) atoms. The van der Waals surface area contributed by atoms with Crippen LogP contribution in [0.1, 0.15) is 31.4 Å². The van der Waals surface area contributed by atoms with Gasteiger partial charge in [-0.15, -0.1) is 11.3 Å². The number of carbonyl (C=O) groups excluding carboxylic acids is 2. The van der Waals surface area contributed by atoms with Crippen molar-refractivity contribution in [2.24, 2.45) is 0 Å². The molecule has 2 heterocycles. The Balaban J connectivity index is 1.51. The Kier molecular flexibility index (Phi) is 6.38. The third kappa shape index (κ3) is 5.42. The third-order valence-electron chi connectivity index (χ3n) is 4.15. The summed E-state index contributed by atoms with van der Waals surface area (Å²) < 4.78 is 0. The first kappa shape index (κ1) is 18.1. The van der Waals surface area contributed by atoms with Crippen molar-refractivity contribution in [3.8, 4) is 0 Å². The van der Waals surface area contributed by atoms with Gasteiger partial charge in [-0.2, -0.15) is 0 Å². The van der Waals surface area contributed by atoms with Crippen LogP contribution in [-0.4, -0.2) is 34.9 Å². The molecule has 1 aromatic heterocycles. The van der Waals surface area contributed by atoms with Crippen molar-refractivity contribution < 1.29 is 9.59 Å². The number of amides is 3. The molecule has 0 spiro atoms. The lowest BCUT2D eigenvalue weighted by Crippen LogP contribution is -2.35. The standard InChI is InChI=1S/C19H22N4O2S/c24-18(10-9-17-13-26-14-20-17)21-15-5-7-16(8-6-15)22-19(25)23-11-3-1-2-4-12-23/h5-10,13-14H,1-4,11-12H2,(H,21,24)(H,22,25). The molecular weight excluding hydrogens is 348 g/mol. The van der Waals surface area contributed by atoms with E-state index in [0.29, 0.717) is 5.69 Å². The topological polar surface area (TPSA) is 74.3 Å². The van der Waals surface area contributed by atoms with Gasteiger partial charge in [-0.25, -0.2) is 9.78 Å². The molecule has 136 valence electrons. The highest BCUT2D eigenvalue weighted by atomic mass is 32.1. The van der Waals surface area contributed by atoms with Crippen molar-refractivity contribution in [2.45, 2.75) is 25.7 Å². The summed E-state index contributed by atoms with van der Waals surface area (Å²) in [6.45, 7) is 1.62. The number of hydrogen-bond acceptors (Lipinski definition) is 4. The summed E-state index contributed by atoms with van der Waals surface area (Å²) >= 11 is 1.48. The predicted molar refractivity (Wildman–Crippen MR) is 105 cm³/mol. The highest BCUT2D eigenvalue weighted by molar-refractivity contribution is 7.07. The van der Waals surface area contributed by atoms with Gasteiger partial charge < -0.3 is 15.5 Å². The number of hydrogen-bond donors (Lipinski definition) is 2. The first-order chi connectivity index (χ1) is 12.7. The van der Waals surface area contributed by atoms with E-state index in [4.69, 9.17) is 0 Å². The molecule has 7 heteroatoms. The first-order valence-electron chi connectivity index (χ1n) is 8.74. The summed E-state index contributed by atoms with van der Waals surface area (Å²) in [5.41, 5.74) is 3.87. The maximum Gasteiger partial charge on any atom is 0.321 e. The van der Waals surface area contributed by atoms with Crippen molar-refractivity contribution >= 4 is 40.7 Å². The lowest BCUT2D eigenvalue weighted by molar-refractivity contribution is -0.111. The zero-order valence-corrected chi connectivity index (χ0v) is 15.3. The highest BCUT2D eigenvalue weighted by Gasteiger charge is 2.15. The molecule has 2 N–H and O–H groups in total. The van der Waals surface area contributed by atoms with Crippen molar-refractivity contribution in [1.29, 1.82) is 0 Å². The average Bonchev–Trinajstić information content (AvgIpc) is 3.01. The van der Waals surface area contributed by atoms with Crippen LogP contribution in [0.25, 0.3) is 6.08 Å². The lowest BCUT2D eigenvalue weighted by atomic mass is 10.2. The van der Waals surface area contributed by atoms with Crippen molar-refractivity contribution in [3.05, 3.63) is 46.9 Å². The van der Waals surface area contributed by atoms with Gasteiger partial charge in [0.05, 0.1) is 11.2 Å². The van der Waals surface area contributed by atoms with E-state index in [0.717, 1.165) is 37.3 Å². The van der Waals surface area contributed by atoms with Crippen LogP contribution in [0, 0.1) is 0 Å². The Morgan fingerprint density at radius 3 is 2.27 bits per heavy atom. The average molecular weight is 370 g/mol. The maximum atomic E-state index is 12.3. The molecule has 6 nitrogen and oxygen atoms in total. The minimum atomic E-state index is -0.223. The summed E-state index contributed by atoms with van der Waals surface area (Å²) in [5.74, 6) is -0.223. The van der Waals surface area contributed by atoms with Gasteiger partial charge in [0, 0.05) is 35.9 Å². The maximum absolute atomic E-state index is 12.3. The second kappa shape index (κ2) is 9.15. The van der Waals surface area contributed by atoms with Crippen molar-refractivity contribution in [3.63, 3.8) is 0 Å². The number of benzene rings is 1. The number of urea groups is 1. The summed E-state index contributed by atoms with van der Waals surface area (Å²) in [4.78, 5) is 30.2. The Labute approximate surface area is 156 Å². The summed E-state index contributed by atoms with van der Waals surface area (Å²) in [5, 5.41) is 7.57. The smallest absolute Gasteiger partial charge is 0.321 e. The first-order valence-corrected chi connectivity index (χ1v) is 9.68. The highest BCUT2D eigenvalue weighted by Crippen LogP contribution is 2.16. The molecule has 1 aliphatic rings. The van der Waals surface area contributed by atoms with E-state index in [1.165, 1.54) is 30.3 Å². The second-order valence-corrected chi connectivity index (χ2v) is 6.86. The molecule has 0 atom stereocenters. The third-order valence-corrected chi connectivity index (χ3v) is 4.76. The number of carbonyl (C=O) groups is 2. The Hall–Kier alpha value is -2.67. The van der Waals surface area contributed by atoms with Crippen LogP contribution in [0.3, 0.4) is 0 Å². The van der Waals surface area contributed by atoms with Gasteiger partial charge in [-0.3, -0.25) is 4.79 Å². The molecule has 0 aliphatic carbocycles. The Morgan fingerprint density at radius 1 is 1.00 bits per heavy atom. The van der Waals surface area contributed by atoms with Crippen LogP contribution in [0.15, 0.2) is 41.2 Å². The van der Waals surface area contributed by atoms with Gasteiger partial charge >= 0.3 is 6.03 Å². The lowest BCUT2D eigenvalue weighted by Gasteiger charge is -2.20. The number of likely N-dealkylation sites (tertiary alicyclic amines) is 1. The van der Waals surface area contributed by atoms with Gasteiger partial charge in [-0.1, -0.05) is 12.8 Å². The van der Waals surface area contributed by atoms with Crippen LogP contribution in [0.5, 0.6) is 0 Å². The molecule has 1 aromatic carbocycles. The van der Waals surface area contributed by atoms with Gasteiger partial charge in [0.15, 0.2) is 0 Å². The number of nitrogens with zero attached hydrogens (tertiary/aromatic N) is 2. The minimum absolute atomic E-state index is 0.0603. The van der Waals surface area contributed by atoms with Crippen LogP contribution >= 0.6 is 11.3 Å². The second-order valence-electron chi connectivity index (χ2n) is 6.14. The fraction of sp³-hybridized carbons (Fsp3) is 0.316. The van der Waals surface area contributed by atoms with E-state index in [9.17, 15) is 9.59 Å². The van der Waals surface area contributed by atoms with E-state index in [2.05, 4.69) is 15.6 Å². The number of aromatic nitrogens is 1. The van der Waals surface area contributed by atoms with Crippen LogP contribution in [0.2, 0.25) is 0 Å². The molecule has 3 rings (SSSR count). The van der Waals surface area contributed by atoms with E-state index in [-0.39, 0.29) is 11.9 Å². The number of nitrogens with one attached hydrogen (secondary N) is 2. The molecule has 1 fully saturated rings. The number of anilines is 2. The van der Waals surface area contributed by atoms with Crippen LogP contribution in [-0.2, 0) is 4.79 Å². The fourth-order valence-electron chi connectivity index (χ4n) is 2.76. The fourth-order valence-corrected chi connectivity index (χ4v) is 3.28. The molecule has 2 aromatic rings. The van der Waals surface area contributed by atoms with E-state index in [1.54, 1.807) is 35.9 Å². The molecular formula is C19H22N4O2S. The van der Waals surface area contributed by atoms with Crippen molar-refractivity contribution in [1.82, 2.24) is 9.88 Å². The van der Waals surface area contributed by atoms with Gasteiger partial charge in [0.2, 0.25) is 5.91 Å². The number of rotatable bonds is 4. The molecule has 0 saturated carbocycles. The summed E-state index contributed by atoms with van der Waals surface area (Å²) in [6, 6.07) is 7.05. The van der Waals surface area contributed by atoms with Crippen LogP contribution in [0.4, 0.5) is 16.2 Å². The van der Waals surface area contributed by atoms with Gasteiger partial charge in [-0.05, 0) is 43.2 Å². The predicted octanol–water partition coefficient (Wildman–Crippen LogP) is 4.20. The van der Waals surface area contributed by atoms with E-state index in [1.807, 2.05) is 10.3 Å². The molecule has 3 amide bonds. The van der Waals surface area contributed by atoms with Crippen molar-refractivity contribution in [2.75, 3.05) is 23.7 Å². The minimum Gasteiger partial charge on any atom is -0.325 e. The normalized spacial score (nSPS) is 14.8. The monoisotopic (exact) mass is 370 g/mol. The van der Waals surface area contributed by atoms with Crippen LogP contribution < -0.4 is 10.6 Å². The largest absolute Gasteiger partial charge is 0.325 e. The van der Waals surface area contributed by atoms with Gasteiger partial charge in [0.1, 0.15) is 0 Å². The molecule has 1 saturated heterocycles. The zero-order valence-electron chi connectivity index (χ0n) is 14.5. The zero-order chi connectivity index (χ0) is 18.2.